The van der Waals surface area contributed by atoms with Gasteiger partial charge in [-0.25, -0.2) is 9.59 Å². The molecule has 0 unspecified atom stereocenters. The number of nitrogens with one attached hydrogen (secondary N) is 5. The van der Waals surface area contributed by atoms with Crippen molar-refractivity contribution in [2.45, 2.75) is 148 Å². The van der Waals surface area contributed by atoms with E-state index in [2.05, 4.69) is 26.6 Å². The molecule has 2 aromatic carbocycles. The van der Waals surface area contributed by atoms with Crippen molar-refractivity contribution in [1.29, 1.82) is 0 Å². The number of carbonyl (C=O) groups is 9. The predicted octanol–water partition coefficient (Wildman–Crippen LogP) is 2.05. The van der Waals surface area contributed by atoms with E-state index in [1.165, 1.54) is 17.0 Å². The Morgan fingerprint density at radius 2 is 1.34 bits per heavy atom. The quantitative estimate of drug-likeness (QED) is 0.0834. The lowest BCUT2D eigenvalue weighted by molar-refractivity contribution is -0.199. The standard InChI is InChI=1S/C48H68N8O12/c1-28(2)25-36(46(65)68-56-38(58)21-22-39(56)59)52-41(60)33(15-11-23-49)50-44(63)40(29(3)4)54-42(61)34(26-31-17-19-32(57)20-18-31)51-43(62)37-16-12-24-55(37)45(64)35(27-30-13-9-8-10-14-30)53-47(66)67-48(5,6)7/h8-10,13-14,17-20,28-29,33-37,40,57H,11-12,15-16,21-27,49H2,1-7H3,(H,50,63)(H,51,62)(H,52,60)(H,53,66)(H,54,61)/t33-,34+,35+,36-,37-,40-/m0/s1. The lowest BCUT2D eigenvalue weighted by atomic mass is 9.99. The third-order valence-electron chi connectivity index (χ3n) is 11.2. The van der Waals surface area contributed by atoms with Crippen LogP contribution in [0.1, 0.15) is 105 Å². The molecule has 0 bridgehead atoms. The highest BCUT2D eigenvalue weighted by atomic mass is 16.7. The van der Waals surface area contributed by atoms with E-state index in [9.17, 15) is 48.3 Å². The number of carbonyl (C=O) groups excluding carboxylic acids is 9. The van der Waals surface area contributed by atoms with Crippen LogP contribution in [0.2, 0.25) is 0 Å². The summed E-state index contributed by atoms with van der Waals surface area (Å²) in [5.41, 5.74) is 6.23. The molecule has 6 atom stereocenters. The summed E-state index contributed by atoms with van der Waals surface area (Å²) in [7, 11) is 0. The lowest BCUT2D eigenvalue weighted by Gasteiger charge is -2.31. The van der Waals surface area contributed by atoms with Gasteiger partial charge in [-0.15, -0.1) is 5.06 Å². The van der Waals surface area contributed by atoms with Crippen LogP contribution >= 0.6 is 0 Å². The first-order valence-corrected chi connectivity index (χ1v) is 23.2. The number of amides is 8. The summed E-state index contributed by atoms with van der Waals surface area (Å²) in [6.07, 6.45) is 0.0585. The zero-order valence-corrected chi connectivity index (χ0v) is 40.0. The third kappa shape index (κ3) is 16.3. The third-order valence-corrected chi connectivity index (χ3v) is 11.2. The van der Waals surface area contributed by atoms with Crippen molar-refractivity contribution in [2.75, 3.05) is 13.1 Å². The van der Waals surface area contributed by atoms with Crippen molar-refractivity contribution in [3.63, 3.8) is 0 Å². The second-order valence-electron chi connectivity index (χ2n) is 18.9. The number of phenols is 1. The van der Waals surface area contributed by atoms with Gasteiger partial charge in [0.1, 0.15) is 47.6 Å². The Morgan fingerprint density at radius 1 is 0.750 bits per heavy atom. The molecule has 2 heterocycles. The molecule has 8 amide bonds. The van der Waals surface area contributed by atoms with Gasteiger partial charge < -0.3 is 51.9 Å². The SMILES string of the molecule is CC(C)C[C@H](NC(=O)[C@H](CCCN)NC(=O)[C@@H](NC(=O)[C@@H](Cc1ccc(O)cc1)NC(=O)[C@@H]1CCCN1C(=O)[C@@H](Cc1ccccc1)NC(=O)OC(C)(C)C)C(C)C)C(=O)ON1C(=O)CCC1=O. The highest BCUT2D eigenvalue weighted by Gasteiger charge is 2.41. The van der Waals surface area contributed by atoms with Crippen molar-refractivity contribution in [2.24, 2.45) is 17.6 Å². The minimum Gasteiger partial charge on any atom is -0.508 e. The van der Waals surface area contributed by atoms with Crippen molar-refractivity contribution in [3.8, 4) is 5.75 Å². The summed E-state index contributed by atoms with van der Waals surface area (Å²) in [5, 5.41) is 23.9. The number of imide groups is 1. The predicted molar refractivity (Wildman–Crippen MR) is 247 cm³/mol. The number of hydroxylamine groups is 2. The van der Waals surface area contributed by atoms with E-state index in [0.717, 1.165) is 5.56 Å². The maximum atomic E-state index is 14.4. The maximum Gasteiger partial charge on any atom is 0.408 e. The Hall–Kier alpha value is -6.57. The van der Waals surface area contributed by atoms with Crippen LogP contribution in [0.15, 0.2) is 54.6 Å². The Labute approximate surface area is 397 Å². The number of phenolic OH excluding ortho intramolecular Hbond substituents is 1. The van der Waals surface area contributed by atoms with Gasteiger partial charge in [-0.1, -0.05) is 70.2 Å². The number of nitrogens with zero attached hydrogens (tertiary/aromatic N) is 2. The number of hydrogen-bond donors (Lipinski definition) is 7. The molecule has 372 valence electrons. The maximum absolute atomic E-state index is 14.4. The van der Waals surface area contributed by atoms with E-state index >= 15 is 0 Å². The molecule has 68 heavy (non-hydrogen) atoms. The number of alkyl carbamates (subject to hydrolysis) is 1. The van der Waals surface area contributed by atoms with Gasteiger partial charge in [0.15, 0.2) is 0 Å². The van der Waals surface area contributed by atoms with Gasteiger partial charge in [0.25, 0.3) is 11.8 Å². The lowest BCUT2D eigenvalue weighted by Crippen LogP contribution is -2.60. The Balaban J connectivity index is 1.54. The van der Waals surface area contributed by atoms with E-state index in [0.29, 0.717) is 17.0 Å². The second-order valence-corrected chi connectivity index (χ2v) is 18.9. The molecule has 2 fully saturated rings. The van der Waals surface area contributed by atoms with Crippen LogP contribution in [0, 0.1) is 11.8 Å². The first kappa shape index (κ1) is 54.0. The summed E-state index contributed by atoms with van der Waals surface area (Å²) >= 11 is 0. The minimum atomic E-state index is -1.31. The number of ether oxygens (including phenoxy) is 1. The van der Waals surface area contributed by atoms with Crippen molar-refractivity contribution < 1.29 is 57.8 Å². The van der Waals surface area contributed by atoms with E-state index in [1.54, 1.807) is 72.7 Å². The molecular weight excluding hydrogens is 881 g/mol. The highest BCUT2D eigenvalue weighted by Crippen LogP contribution is 2.22. The van der Waals surface area contributed by atoms with Crippen LogP contribution in [0.4, 0.5) is 4.79 Å². The number of benzene rings is 2. The van der Waals surface area contributed by atoms with E-state index in [-0.39, 0.29) is 76.1 Å². The molecule has 0 aromatic heterocycles. The zero-order valence-electron chi connectivity index (χ0n) is 40.0. The molecule has 2 saturated heterocycles. The Morgan fingerprint density at radius 3 is 1.93 bits per heavy atom. The monoisotopic (exact) mass is 948 g/mol. The fourth-order valence-electron chi connectivity index (χ4n) is 7.76. The normalized spacial score (nSPS) is 17.2. The van der Waals surface area contributed by atoms with E-state index < -0.39 is 101 Å². The van der Waals surface area contributed by atoms with Gasteiger partial charge in [-0.05, 0) is 94.5 Å². The van der Waals surface area contributed by atoms with Crippen LogP contribution in [0.3, 0.4) is 0 Å². The highest BCUT2D eigenvalue weighted by molar-refractivity contribution is 6.02. The van der Waals surface area contributed by atoms with Crippen molar-refractivity contribution in [3.05, 3.63) is 65.7 Å². The summed E-state index contributed by atoms with van der Waals surface area (Å²) in [6, 6.07) is 7.77. The van der Waals surface area contributed by atoms with Crippen LogP contribution in [-0.4, -0.2) is 123 Å². The van der Waals surface area contributed by atoms with Gasteiger partial charge in [-0.2, -0.15) is 0 Å². The Bertz CT molecular complexity index is 2090. The van der Waals surface area contributed by atoms with Gasteiger partial charge in [-0.3, -0.25) is 33.6 Å². The van der Waals surface area contributed by atoms with Crippen LogP contribution in [0.25, 0.3) is 0 Å². The van der Waals surface area contributed by atoms with Crippen molar-refractivity contribution in [1.82, 2.24) is 36.5 Å². The largest absolute Gasteiger partial charge is 0.508 e. The molecule has 2 aliphatic rings. The summed E-state index contributed by atoms with van der Waals surface area (Å²) in [6.45, 7) is 12.3. The molecule has 8 N–H and O–H groups in total. The number of nitrogens with two attached hydrogens (primary N) is 1. The first-order valence-electron chi connectivity index (χ1n) is 23.2. The number of hydrogen-bond acceptors (Lipinski definition) is 13. The molecular formula is C48H68N8O12. The minimum absolute atomic E-state index is 0.0297. The molecule has 0 saturated carbocycles. The summed E-state index contributed by atoms with van der Waals surface area (Å²) in [5.74, 6) is -6.64. The number of likely N-dealkylation sites (tertiary alicyclic amines) is 1. The smallest absolute Gasteiger partial charge is 0.408 e. The fourth-order valence-corrected chi connectivity index (χ4v) is 7.76. The average molecular weight is 949 g/mol. The van der Waals surface area contributed by atoms with E-state index in [4.69, 9.17) is 15.3 Å². The topological polar surface area (TPSA) is 285 Å². The van der Waals surface area contributed by atoms with Crippen molar-refractivity contribution >= 4 is 53.4 Å². The molecule has 0 spiro atoms. The summed E-state index contributed by atoms with van der Waals surface area (Å²) in [4.78, 5) is 128. The Kier molecular flexibility index (Phi) is 19.9. The molecule has 0 radical (unpaired) electrons. The van der Waals surface area contributed by atoms with Gasteiger partial charge in [0.2, 0.25) is 29.5 Å². The van der Waals surface area contributed by atoms with E-state index in [1.807, 2.05) is 18.2 Å². The average Bonchev–Trinajstić information content (AvgIpc) is 3.89. The second kappa shape index (κ2) is 25.0. The van der Waals surface area contributed by atoms with Crippen LogP contribution < -0.4 is 32.3 Å². The molecule has 20 nitrogen and oxygen atoms in total. The molecule has 2 aliphatic heterocycles. The molecule has 4 rings (SSSR count). The van der Waals surface area contributed by atoms with Gasteiger partial charge in [0, 0.05) is 32.2 Å². The van der Waals surface area contributed by atoms with Crippen LogP contribution in [0.5, 0.6) is 5.75 Å². The molecule has 20 heteroatoms. The molecule has 2 aromatic rings. The zero-order chi connectivity index (χ0) is 50.3. The first-order chi connectivity index (χ1) is 32.1. The fraction of sp³-hybridized carbons (Fsp3) is 0.562. The number of aromatic hydroxyl groups is 1. The van der Waals surface area contributed by atoms with Crippen LogP contribution in [-0.2, 0) is 60.8 Å². The molecule has 0 aliphatic carbocycles. The van der Waals surface area contributed by atoms with Gasteiger partial charge >= 0.3 is 12.1 Å². The number of rotatable bonds is 22. The van der Waals surface area contributed by atoms with Gasteiger partial charge in [0.05, 0.1) is 0 Å². The summed E-state index contributed by atoms with van der Waals surface area (Å²) < 4.78 is 5.46.